The smallest absolute Gasteiger partial charge is 0.0753 e. The van der Waals surface area contributed by atoms with Crippen molar-refractivity contribution in [2.24, 2.45) is 5.16 Å². The van der Waals surface area contributed by atoms with Crippen LogP contribution in [0.5, 0.6) is 0 Å². The highest BCUT2D eigenvalue weighted by atomic mass is 32.2. The van der Waals surface area contributed by atoms with Crippen molar-refractivity contribution in [3.8, 4) is 0 Å². The predicted molar refractivity (Wildman–Crippen MR) is 59.4 cm³/mol. The van der Waals surface area contributed by atoms with E-state index in [2.05, 4.69) is 11.7 Å². The first kappa shape index (κ1) is 10.3. The van der Waals surface area contributed by atoms with Crippen LogP contribution in [0.2, 0.25) is 0 Å². The standard InChI is InChI=1S/C9H11NOS2/c1-3-4-12-9-8(6-10-11)5-7(2)13-9/h3,5-6,11H,1,4H2,2H3. The molecular formula is C9H11NOS2. The normalized spacial score (nSPS) is 10.8. The largest absolute Gasteiger partial charge is 0.411 e. The van der Waals surface area contributed by atoms with Crippen LogP contribution in [0.1, 0.15) is 10.4 Å². The zero-order valence-corrected chi connectivity index (χ0v) is 8.99. The third-order valence-corrected chi connectivity index (χ3v) is 3.74. The Kier molecular flexibility index (Phi) is 4.05. The third kappa shape index (κ3) is 2.90. The van der Waals surface area contributed by atoms with Gasteiger partial charge in [-0.05, 0) is 13.0 Å². The maximum atomic E-state index is 8.42. The molecule has 70 valence electrons. The molecule has 0 atom stereocenters. The van der Waals surface area contributed by atoms with Crippen LogP contribution in [0.4, 0.5) is 0 Å². The molecule has 1 rings (SSSR count). The van der Waals surface area contributed by atoms with Crippen molar-refractivity contribution in [3.63, 3.8) is 0 Å². The van der Waals surface area contributed by atoms with Crippen LogP contribution in [0.15, 0.2) is 28.1 Å². The van der Waals surface area contributed by atoms with Crippen LogP contribution in [-0.4, -0.2) is 17.2 Å². The van der Waals surface area contributed by atoms with Gasteiger partial charge >= 0.3 is 0 Å². The quantitative estimate of drug-likeness (QED) is 0.274. The molecule has 0 bridgehead atoms. The summed E-state index contributed by atoms with van der Waals surface area (Å²) in [6.07, 6.45) is 3.33. The van der Waals surface area contributed by atoms with E-state index < -0.39 is 0 Å². The summed E-state index contributed by atoms with van der Waals surface area (Å²) in [5, 5.41) is 11.5. The van der Waals surface area contributed by atoms with Crippen molar-refractivity contribution in [1.29, 1.82) is 0 Å². The highest BCUT2D eigenvalue weighted by Crippen LogP contribution is 2.30. The Morgan fingerprint density at radius 2 is 2.54 bits per heavy atom. The average Bonchev–Trinajstić information content (AvgIpc) is 2.44. The van der Waals surface area contributed by atoms with E-state index in [1.165, 1.54) is 15.3 Å². The van der Waals surface area contributed by atoms with Gasteiger partial charge in [0.15, 0.2) is 0 Å². The molecule has 0 aliphatic heterocycles. The molecule has 1 aromatic rings. The topological polar surface area (TPSA) is 32.6 Å². The molecule has 0 fully saturated rings. The summed E-state index contributed by atoms with van der Waals surface area (Å²) in [6.45, 7) is 5.70. The van der Waals surface area contributed by atoms with Crippen molar-refractivity contribution < 1.29 is 5.21 Å². The van der Waals surface area contributed by atoms with Crippen LogP contribution < -0.4 is 0 Å². The number of hydrogen-bond acceptors (Lipinski definition) is 4. The minimum Gasteiger partial charge on any atom is -0.411 e. The van der Waals surface area contributed by atoms with Crippen molar-refractivity contribution in [1.82, 2.24) is 0 Å². The van der Waals surface area contributed by atoms with Crippen molar-refractivity contribution in [3.05, 3.63) is 29.2 Å². The maximum Gasteiger partial charge on any atom is 0.0753 e. The van der Waals surface area contributed by atoms with Crippen LogP contribution in [0.25, 0.3) is 0 Å². The summed E-state index contributed by atoms with van der Waals surface area (Å²) < 4.78 is 1.18. The molecule has 0 aliphatic rings. The fourth-order valence-corrected chi connectivity index (χ4v) is 3.00. The lowest BCUT2D eigenvalue weighted by atomic mass is 10.3. The van der Waals surface area contributed by atoms with Crippen LogP contribution in [0.3, 0.4) is 0 Å². The number of oxime groups is 1. The number of thiophene rings is 1. The SMILES string of the molecule is C=CCSc1sc(C)cc1C=NO. The Morgan fingerprint density at radius 1 is 1.77 bits per heavy atom. The average molecular weight is 213 g/mol. The first-order valence-electron chi connectivity index (χ1n) is 3.79. The van der Waals surface area contributed by atoms with E-state index >= 15 is 0 Å². The molecule has 0 aliphatic carbocycles. The van der Waals surface area contributed by atoms with Crippen molar-refractivity contribution in [2.45, 2.75) is 11.1 Å². The molecule has 0 spiro atoms. The Hall–Kier alpha value is -0.740. The second kappa shape index (κ2) is 5.09. The van der Waals surface area contributed by atoms with Crippen LogP contribution >= 0.6 is 23.1 Å². The summed E-state index contributed by atoms with van der Waals surface area (Å²) in [5.74, 6) is 0.881. The van der Waals surface area contributed by atoms with Gasteiger partial charge in [-0.1, -0.05) is 11.2 Å². The predicted octanol–water partition coefficient (Wildman–Crippen LogP) is 3.14. The van der Waals surface area contributed by atoms with Gasteiger partial charge in [-0.15, -0.1) is 29.7 Å². The number of rotatable bonds is 4. The zero-order valence-electron chi connectivity index (χ0n) is 7.36. The second-order valence-electron chi connectivity index (χ2n) is 2.44. The molecule has 0 amide bonds. The van der Waals surface area contributed by atoms with E-state index in [0.29, 0.717) is 0 Å². The van der Waals surface area contributed by atoms with Crippen LogP contribution in [-0.2, 0) is 0 Å². The fourth-order valence-electron chi connectivity index (χ4n) is 0.912. The molecule has 13 heavy (non-hydrogen) atoms. The summed E-state index contributed by atoms with van der Waals surface area (Å²) in [4.78, 5) is 1.22. The molecule has 0 unspecified atom stereocenters. The van der Waals surface area contributed by atoms with Gasteiger partial charge in [0.25, 0.3) is 0 Å². The van der Waals surface area contributed by atoms with Gasteiger partial charge in [0.2, 0.25) is 0 Å². The van der Waals surface area contributed by atoms with E-state index in [1.54, 1.807) is 23.1 Å². The van der Waals surface area contributed by atoms with E-state index in [1.807, 2.05) is 19.1 Å². The zero-order chi connectivity index (χ0) is 9.68. The molecule has 0 saturated heterocycles. The van der Waals surface area contributed by atoms with E-state index in [0.717, 1.165) is 11.3 Å². The van der Waals surface area contributed by atoms with Gasteiger partial charge in [-0.2, -0.15) is 0 Å². The lowest BCUT2D eigenvalue weighted by molar-refractivity contribution is 0.322. The Balaban J connectivity index is 2.83. The Bertz CT molecular complexity index is 317. The second-order valence-corrected chi connectivity index (χ2v) is 4.99. The molecule has 1 N–H and O–H groups in total. The number of nitrogens with zero attached hydrogens (tertiary/aromatic N) is 1. The number of thioether (sulfide) groups is 1. The highest BCUT2D eigenvalue weighted by Gasteiger charge is 2.04. The van der Waals surface area contributed by atoms with Gasteiger partial charge in [0.05, 0.1) is 10.4 Å². The van der Waals surface area contributed by atoms with E-state index in [4.69, 9.17) is 5.21 Å². The molecule has 0 saturated carbocycles. The first-order valence-corrected chi connectivity index (χ1v) is 5.59. The molecule has 0 radical (unpaired) electrons. The Labute approximate surface area is 86.0 Å². The lowest BCUT2D eigenvalue weighted by Crippen LogP contribution is -1.78. The molecule has 1 heterocycles. The molecular weight excluding hydrogens is 202 g/mol. The van der Waals surface area contributed by atoms with E-state index in [-0.39, 0.29) is 0 Å². The summed E-state index contributed by atoms with van der Waals surface area (Å²) in [6, 6.07) is 2.01. The molecule has 0 aromatic carbocycles. The Morgan fingerprint density at radius 3 is 3.15 bits per heavy atom. The first-order chi connectivity index (χ1) is 6.27. The van der Waals surface area contributed by atoms with Crippen LogP contribution in [0, 0.1) is 6.92 Å². The molecule has 1 aromatic heterocycles. The number of aryl methyl sites for hydroxylation is 1. The highest BCUT2D eigenvalue weighted by molar-refractivity contribution is 8.01. The van der Waals surface area contributed by atoms with E-state index in [9.17, 15) is 0 Å². The van der Waals surface area contributed by atoms with Crippen molar-refractivity contribution in [2.75, 3.05) is 5.75 Å². The minimum atomic E-state index is 0.881. The summed E-state index contributed by atoms with van der Waals surface area (Å²) in [5.41, 5.74) is 0.983. The minimum absolute atomic E-state index is 0.881. The number of hydrogen-bond donors (Lipinski definition) is 1. The maximum absolute atomic E-state index is 8.42. The lowest BCUT2D eigenvalue weighted by Gasteiger charge is -1.93. The molecule has 4 heteroatoms. The molecule has 2 nitrogen and oxygen atoms in total. The summed E-state index contributed by atoms with van der Waals surface area (Å²) in [7, 11) is 0. The third-order valence-electron chi connectivity index (χ3n) is 1.38. The fraction of sp³-hybridized carbons (Fsp3) is 0.222. The monoisotopic (exact) mass is 213 g/mol. The van der Waals surface area contributed by atoms with Gasteiger partial charge < -0.3 is 5.21 Å². The van der Waals surface area contributed by atoms with Crippen molar-refractivity contribution >= 4 is 29.3 Å². The van der Waals surface area contributed by atoms with Gasteiger partial charge in [0.1, 0.15) is 0 Å². The van der Waals surface area contributed by atoms with Gasteiger partial charge in [-0.25, -0.2) is 0 Å². The summed E-state index contributed by atoms with van der Waals surface area (Å²) >= 11 is 3.41. The van der Waals surface area contributed by atoms with Gasteiger partial charge in [0, 0.05) is 16.2 Å². The van der Waals surface area contributed by atoms with Gasteiger partial charge in [-0.3, -0.25) is 0 Å².